The maximum absolute atomic E-state index is 12.1. The molecule has 112 valence electrons. The first-order valence-corrected chi connectivity index (χ1v) is 6.34. The molecule has 0 fully saturated rings. The number of hydrogen-bond acceptors (Lipinski definition) is 5. The molecule has 1 aromatic heterocycles. The number of rotatable bonds is 6. The van der Waals surface area contributed by atoms with Crippen LogP contribution in [0, 0.1) is 0 Å². The molecule has 0 bridgehead atoms. The number of anilines is 1. The molecule has 0 aliphatic rings. The number of hydrogen-bond donors (Lipinski definition) is 2. The molecule has 0 aliphatic carbocycles. The highest BCUT2D eigenvalue weighted by molar-refractivity contribution is 6.06. The van der Waals surface area contributed by atoms with E-state index in [-0.39, 0.29) is 11.3 Å². The number of phenolic OH excluding ortho intramolecular Hbond substituents is 1. The summed E-state index contributed by atoms with van der Waals surface area (Å²) in [5.74, 6) is -0.0495. The van der Waals surface area contributed by atoms with Crippen molar-refractivity contribution >= 4 is 11.6 Å². The minimum absolute atomic E-state index is 0.111. The zero-order valence-electron chi connectivity index (χ0n) is 11.9. The van der Waals surface area contributed by atoms with Crippen molar-refractivity contribution in [2.45, 2.75) is 6.54 Å². The highest BCUT2D eigenvalue weighted by Gasteiger charge is 2.13. The zero-order chi connectivity index (χ0) is 15.2. The first-order valence-electron chi connectivity index (χ1n) is 6.34. The van der Waals surface area contributed by atoms with E-state index in [4.69, 9.17) is 9.47 Å². The Kier molecular flexibility index (Phi) is 4.78. The second-order valence-corrected chi connectivity index (χ2v) is 4.32. The number of methoxy groups -OCH3 is 2. The van der Waals surface area contributed by atoms with Crippen LogP contribution < -0.4 is 10.1 Å². The fourth-order valence-electron chi connectivity index (χ4n) is 1.76. The first-order chi connectivity index (χ1) is 10.1. The quantitative estimate of drug-likeness (QED) is 0.842. The Labute approximate surface area is 122 Å². The van der Waals surface area contributed by atoms with Crippen molar-refractivity contribution in [2.75, 3.05) is 26.1 Å². The molecule has 0 radical (unpaired) electrons. The van der Waals surface area contributed by atoms with Crippen molar-refractivity contribution in [3.63, 3.8) is 0 Å². The second-order valence-electron chi connectivity index (χ2n) is 4.32. The molecule has 0 atom stereocenters. The number of carbonyl (C=O) groups excluding carboxylic acids is 1. The van der Waals surface area contributed by atoms with Gasteiger partial charge in [-0.1, -0.05) is 0 Å². The van der Waals surface area contributed by atoms with Crippen LogP contribution in [0.25, 0.3) is 0 Å². The number of ether oxygens (including phenoxy) is 2. The van der Waals surface area contributed by atoms with E-state index in [1.54, 1.807) is 24.1 Å². The molecule has 1 amide bonds. The SMILES string of the molecule is COCCn1cc(NC(=O)c2cc(OC)ccc2O)cn1. The summed E-state index contributed by atoms with van der Waals surface area (Å²) in [5.41, 5.74) is 0.678. The van der Waals surface area contributed by atoms with Crippen molar-refractivity contribution in [1.82, 2.24) is 9.78 Å². The topological polar surface area (TPSA) is 85.6 Å². The van der Waals surface area contributed by atoms with E-state index in [1.165, 1.54) is 25.4 Å². The van der Waals surface area contributed by atoms with Gasteiger partial charge in [-0.2, -0.15) is 5.10 Å². The highest BCUT2D eigenvalue weighted by atomic mass is 16.5. The van der Waals surface area contributed by atoms with Crippen LogP contribution >= 0.6 is 0 Å². The van der Waals surface area contributed by atoms with E-state index in [1.807, 2.05) is 0 Å². The third kappa shape index (κ3) is 3.73. The summed E-state index contributed by atoms with van der Waals surface area (Å²) in [4.78, 5) is 12.1. The average molecular weight is 291 g/mol. The van der Waals surface area contributed by atoms with Gasteiger partial charge in [-0.25, -0.2) is 0 Å². The van der Waals surface area contributed by atoms with E-state index in [2.05, 4.69) is 10.4 Å². The van der Waals surface area contributed by atoms with Gasteiger partial charge in [0.25, 0.3) is 5.91 Å². The molecule has 2 N–H and O–H groups in total. The maximum atomic E-state index is 12.1. The monoisotopic (exact) mass is 291 g/mol. The summed E-state index contributed by atoms with van der Waals surface area (Å²) in [5, 5.41) is 16.5. The van der Waals surface area contributed by atoms with Gasteiger partial charge in [0, 0.05) is 13.3 Å². The van der Waals surface area contributed by atoms with Crippen LogP contribution in [0.5, 0.6) is 11.5 Å². The van der Waals surface area contributed by atoms with Gasteiger partial charge in [-0.3, -0.25) is 9.48 Å². The number of nitrogens with zero attached hydrogens (tertiary/aromatic N) is 2. The molecule has 7 nitrogen and oxygen atoms in total. The van der Waals surface area contributed by atoms with Crippen LogP contribution in [0.3, 0.4) is 0 Å². The standard InChI is InChI=1S/C14H17N3O4/c1-20-6-5-17-9-10(8-15-17)16-14(19)12-7-11(21-2)3-4-13(12)18/h3-4,7-9,18H,5-6H2,1-2H3,(H,16,19). The minimum Gasteiger partial charge on any atom is -0.507 e. The predicted molar refractivity (Wildman–Crippen MR) is 76.7 cm³/mol. The molecule has 1 aromatic carbocycles. The molecule has 7 heteroatoms. The molecule has 0 spiro atoms. The van der Waals surface area contributed by atoms with E-state index in [9.17, 15) is 9.90 Å². The van der Waals surface area contributed by atoms with Gasteiger partial charge in [0.15, 0.2) is 0 Å². The number of amides is 1. The predicted octanol–water partition coefficient (Wildman–Crippen LogP) is 1.50. The number of phenols is 1. The van der Waals surface area contributed by atoms with E-state index >= 15 is 0 Å². The molecule has 0 saturated heterocycles. The van der Waals surface area contributed by atoms with E-state index < -0.39 is 5.91 Å². The van der Waals surface area contributed by atoms with Gasteiger partial charge in [-0.15, -0.1) is 0 Å². The Morgan fingerprint density at radius 2 is 2.24 bits per heavy atom. The van der Waals surface area contributed by atoms with E-state index in [0.29, 0.717) is 24.6 Å². The summed E-state index contributed by atoms with van der Waals surface area (Å²) in [6.07, 6.45) is 3.22. The molecule has 21 heavy (non-hydrogen) atoms. The number of nitrogens with one attached hydrogen (secondary N) is 1. The Balaban J connectivity index is 2.09. The normalized spacial score (nSPS) is 10.4. The van der Waals surface area contributed by atoms with E-state index in [0.717, 1.165) is 0 Å². The number of aromatic nitrogens is 2. The number of carbonyl (C=O) groups is 1. The van der Waals surface area contributed by atoms with Gasteiger partial charge in [0.2, 0.25) is 0 Å². The Bertz CT molecular complexity index is 624. The van der Waals surface area contributed by atoms with Crippen LogP contribution in [0.4, 0.5) is 5.69 Å². The fourth-order valence-corrected chi connectivity index (χ4v) is 1.76. The van der Waals surface area contributed by atoms with Crippen molar-refractivity contribution in [2.24, 2.45) is 0 Å². The highest BCUT2D eigenvalue weighted by Crippen LogP contribution is 2.23. The molecule has 0 saturated carbocycles. The maximum Gasteiger partial charge on any atom is 0.259 e. The minimum atomic E-state index is -0.433. The Morgan fingerprint density at radius 3 is 2.95 bits per heavy atom. The van der Waals surface area contributed by atoms with Gasteiger partial charge >= 0.3 is 0 Å². The molecule has 1 heterocycles. The number of benzene rings is 1. The lowest BCUT2D eigenvalue weighted by atomic mass is 10.1. The number of aromatic hydroxyl groups is 1. The summed E-state index contributed by atoms with van der Waals surface area (Å²) in [6, 6.07) is 4.46. The van der Waals surface area contributed by atoms with Gasteiger partial charge in [-0.05, 0) is 18.2 Å². The smallest absolute Gasteiger partial charge is 0.259 e. The lowest BCUT2D eigenvalue weighted by molar-refractivity contribution is 0.102. The van der Waals surface area contributed by atoms with Crippen molar-refractivity contribution in [1.29, 1.82) is 0 Å². The molecular weight excluding hydrogens is 274 g/mol. The van der Waals surface area contributed by atoms with Crippen LogP contribution in [-0.2, 0) is 11.3 Å². The molecule has 2 aromatic rings. The van der Waals surface area contributed by atoms with Crippen LogP contribution in [0.2, 0.25) is 0 Å². The fraction of sp³-hybridized carbons (Fsp3) is 0.286. The largest absolute Gasteiger partial charge is 0.507 e. The van der Waals surface area contributed by atoms with Gasteiger partial charge in [0.05, 0.1) is 37.7 Å². The summed E-state index contributed by atoms with van der Waals surface area (Å²) in [6.45, 7) is 1.13. The third-order valence-corrected chi connectivity index (χ3v) is 2.86. The molecule has 0 aliphatic heterocycles. The first kappa shape index (κ1) is 14.9. The van der Waals surface area contributed by atoms with Gasteiger partial charge < -0.3 is 19.9 Å². The zero-order valence-corrected chi connectivity index (χ0v) is 11.9. The lowest BCUT2D eigenvalue weighted by Gasteiger charge is -2.07. The summed E-state index contributed by atoms with van der Waals surface area (Å²) < 4.78 is 11.6. The average Bonchev–Trinajstić information content (AvgIpc) is 2.93. The molecule has 0 unspecified atom stereocenters. The van der Waals surface area contributed by atoms with Crippen molar-refractivity contribution in [3.05, 3.63) is 36.2 Å². The summed E-state index contributed by atoms with van der Waals surface area (Å²) >= 11 is 0. The van der Waals surface area contributed by atoms with Gasteiger partial charge in [0.1, 0.15) is 11.5 Å². The van der Waals surface area contributed by atoms with Crippen molar-refractivity contribution < 1.29 is 19.4 Å². The van der Waals surface area contributed by atoms with Crippen LogP contribution in [-0.4, -0.2) is 41.6 Å². The molecular formula is C14H17N3O4. The van der Waals surface area contributed by atoms with Crippen LogP contribution in [0.1, 0.15) is 10.4 Å². The lowest BCUT2D eigenvalue weighted by Crippen LogP contribution is -2.12. The second kappa shape index (κ2) is 6.76. The Hall–Kier alpha value is -2.54. The third-order valence-electron chi connectivity index (χ3n) is 2.86. The summed E-state index contributed by atoms with van der Waals surface area (Å²) in [7, 11) is 3.10. The molecule has 2 rings (SSSR count). The van der Waals surface area contributed by atoms with Crippen LogP contribution in [0.15, 0.2) is 30.6 Å². The Morgan fingerprint density at radius 1 is 1.43 bits per heavy atom. The van der Waals surface area contributed by atoms with Crippen molar-refractivity contribution in [3.8, 4) is 11.5 Å².